The Morgan fingerprint density at radius 3 is 2.59 bits per heavy atom. The fourth-order valence-electron chi connectivity index (χ4n) is 2.74. The van der Waals surface area contributed by atoms with Crippen LogP contribution in [0.3, 0.4) is 0 Å². The molecule has 0 aliphatic carbocycles. The van der Waals surface area contributed by atoms with Gasteiger partial charge >= 0.3 is 12.1 Å². The third-order valence-electron chi connectivity index (χ3n) is 4.49. The van der Waals surface area contributed by atoms with E-state index in [0.29, 0.717) is 16.8 Å². The first-order valence-electron chi connectivity index (χ1n) is 9.26. The van der Waals surface area contributed by atoms with Gasteiger partial charge in [-0.1, -0.05) is 23.9 Å². The molecule has 0 saturated carbocycles. The molecule has 174 valence electrons. The molecule has 3 rings (SSSR count). The second-order valence-corrected chi connectivity index (χ2v) is 7.99. The molecule has 1 aromatic rings. The van der Waals surface area contributed by atoms with Gasteiger partial charge in [0.2, 0.25) is 5.90 Å². The van der Waals surface area contributed by atoms with Crippen LogP contribution in [0.4, 0.5) is 18.9 Å². The zero-order valence-electron chi connectivity index (χ0n) is 17.2. The predicted octanol–water partition coefficient (Wildman–Crippen LogP) is 2.42. The average molecular weight is 473 g/mol. The van der Waals surface area contributed by atoms with E-state index in [1.807, 2.05) is 24.3 Å². The number of hydrogen-bond acceptors (Lipinski definition) is 8. The molecule has 32 heavy (non-hydrogen) atoms. The number of nitrogens with one attached hydrogen (secondary N) is 1. The van der Waals surface area contributed by atoms with Gasteiger partial charge in [-0.2, -0.15) is 13.2 Å². The maximum Gasteiger partial charge on any atom is 0.490 e. The highest BCUT2D eigenvalue weighted by Gasteiger charge is 2.38. The predicted molar refractivity (Wildman–Crippen MR) is 116 cm³/mol. The summed E-state index contributed by atoms with van der Waals surface area (Å²) in [6.07, 6.45) is -2.71. The van der Waals surface area contributed by atoms with E-state index in [9.17, 15) is 18.0 Å². The summed E-state index contributed by atoms with van der Waals surface area (Å²) in [5.74, 6) is -1.59. The molecule has 0 saturated heterocycles. The van der Waals surface area contributed by atoms with Crippen LogP contribution >= 0.6 is 11.8 Å². The summed E-state index contributed by atoms with van der Waals surface area (Å²) in [4.78, 5) is 34.2. The van der Waals surface area contributed by atoms with E-state index in [1.165, 1.54) is 13.3 Å². The number of aliphatic carboxylic acids is 1. The number of thioether (sulfide) groups is 1. The number of anilines is 1. The van der Waals surface area contributed by atoms with Crippen LogP contribution in [0.1, 0.15) is 18.9 Å². The standard InChI is InChI=1S/C17H21N5O2S.C2HF3O2/c1-17(6-7-25-16(18)22-17)11-4-3-5-12(8-11)21-15(23)13-9-20-14(24-2)10-19-13;3-2(4,5)1(6)7/h3-5,8,10,13H,6-7,9H2,1-2H3,(H2,18,22)(H,21,23);(H,6,7)/t13?,17-;/m0./s1. The van der Waals surface area contributed by atoms with Crippen LogP contribution in [-0.4, -0.2) is 65.9 Å². The number of rotatable bonds is 3. The van der Waals surface area contributed by atoms with Crippen molar-refractivity contribution < 1.29 is 32.6 Å². The lowest BCUT2D eigenvalue weighted by atomic mass is 9.89. The number of carboxylic acids is 1. The van der Waals surface area contributed by atoms with Gasteiger partial charge in [0.15, 0.2) is 5.17 Å². The maximum atomic E-state index is 12.4. The van der Waals surface area contributed by atoms with E-state index in [4.69, 9.17) is 20.4 Å². The van der Waals surface area contributed by atoms with Crippen LogP contribution in [0.15, 0.2) is 39.2 Å². The quantitative estimate of drug-likeness (QED) is 0.616. The van der Waals surface area contributed by atoms with Crippen molar-refractivity contribution in [2.24, 2.45) is 20.7 Å². The van der Waals surface area contributed by atoms with Crippen molar-refractivity contribution in [1.29, 1.82) is 0 Å². The minimum Gasteiger partial charge on any atom is -0.480 e. The molecular weight excluding hydrogens is 451 g/mol. The summed E-state index contributed by atoms with van der Waals surface area (Å²) in [5, 5.41) is 10.6. The molecule has 9 nitrogen and oxygen atoms in total. The number of benzene rings is 1. The van der Waals surface area contributed by atoms with Crippen LogP contribution < -0.4 is 11.1 Å². The van der Waals surface area contributed by atoms with E-state index >= 15 is 0 Å². The summed E-state index contributed by atoms with van der Waals surface area (Å²) in [6, 6.07) is 7.18. The van der Waals surface area contributed by atoms with Gasteiger partial charge in [-0.05, 0) is 31.0 Å². The molecule has 0 radical (unpaired) electrons. The zero-order chi connectivity index (χ0) is 23.9. The molecule has 13 heteroatoms. The fourth-order valence-corrected chi connectivity index (χ4v) is 3.71. The van der Waals surface area contributed by atoms with Gasteiger partial charge in [0.05, 0.1) is 25.4 Å². The molecule has 2 aliphatic heterocycles. The Balaban J connectivity index is 0.000000451. The molecule has 0 bridgehead atoms. The van der Waals surface area contributed by atoms with Crippen molar-refractivity contribution >= 4 is 46.6 Å². The van der Waals surface area contributed by atoms with Gasteiger partial charge in [-0.15, -0.1) is 0 Å². The van der Waals surface area contributed by atoms with Crippen molar-refractivity contribution in [2.45, 2.75) is 31.1 Å². The van der Waals surface area contributed by atoms with Crippen LogP contribution in [0, 0.1) is 0 Å². The number of amidine groups is 1. The Kier molecular flexibility index (Phi) is 8.25. The zero-order valence-corrected chi connectivity index (χ0v) is 18.0. The Bertz CT molecular complexity index is 951. The van der Waals surface area contributed by atoms with Crippen molar-refractivity contribution in [1.82, 2.24) is 0 Å². The number of nitrogens with two attached hydrogens (primary N) is 1. The molecule has 2 aliphatic rings. The first kappa shape index (κ1) is 25.2. The number of ether oxygens (including phenoxy) is 1. The van der Waals surface area contributed by atoms with E-state index in [1.54, 1.807) is 11.8 Å². The normalized spacial score (nSPS) is 22.6. The molecular formula is C19H22F3N5O4S. The molecule has 1 amide bonds. The fraction of sp³-hybridized carbons (Fsp3) is 0.421. The Labute approximate surface area is 186 Å². The second kappa shape index (κ2) is 10.5. The highest BCUT2D eigenvalue weighted by atomic mass is 32.2. The lowest BCUT2D eigenvalue weighted by Gasteiger charge is -2.30. The lowest BCUT2D eigenvalue weighted by molar-refractivity contribution is -0.192. The molecule has 0 aromatic heterocycles. The summed E-state index contributed by atoms with van der Waals surface area (Å²) < 4.78 is 36.7. The van der Waals surface area contributed by atoms with E-state index in [0.717, 1.165) is 17.7 Å². The van der Waals surface area contributed by atoms with E-state index in [-0.39, 0.29) is 18.0 Å². The third kappa shape index (κ3) is 6.97. The number of aliphatic imine (C=N–C) groups is 3. The highest BCUT2D eigenvalue weighted by Crippen LogP contribution is 2.35. The third-order valence-corrected chi connectivity index (χ3v) is 5.28. The Hall–Kier alpha value is -3.09. The van der Waals surface area contributed by atoms with Crippen LogP contribution in [0.5, 0.6) is 0 Å². The minimum atomic E-state index is -5.08. The minimum absolute atomic E-state index is 0.195. The Morgan fingerprint density at radius 1 is 1.38 bits per heavy atom. The number of hydrogen-bond donors (Lipinski definition) is 3. The van der Waals surface area contributed by atoms with E-state index in [2.05, 4.69) is 27.2 Å². The van der Waals surface area contributed by atoms with Crippen molar-refractivity contribution in [3.8, 4) is 0 Å². The number of methoxy groups -OCH3 is 1. The number of amides is 1. The first-order chi connectivity index (χ1) is 14.9. The summed E-state index contributed by atoms with van der Waals surface area (Å²) >= 11 is 1.57. The number of nitrogens with zero attached hydrogens (tertiary/aromatic N) is 3. The molecule has 2 heterocycles. The molecule has 2 atom stereocenters. The smallest absolute Gasteiger partial charge is 0.480 e. The number of halogens is 3. The van der Waals surface area contributed by atoms with Gasteiger partial charge < -0.3 is 20.9 Å². The molecule has 1 unspecified atom stereocenters. The maximum absolute atomic E-state index is 12.4. The number of carbonyl (C=O) groups is 2. The van der Waals surface area contributed by atoms with Gasteiger partial charge in [-0.3, -0.25) is 14.8 Å². The molecule has 1 aromatic carbocycles. The number of carbonyl (C=O) groups excluding carboxylic acids is 1. The lowest BCUT2D eigenvalue weighted by Crippen LogP contribution is -2.32. The van der Waals surface area contributed by atoms with Crippen LogP contribution in [0.2, 0.25) is 0 Å². The first-order valence-corrected chi connectivity index (χ1v) is 10.2. The van der Waals surface area contributed by atoms with Crippen LogP contribution in [0.25, 0.3) is 0 Å². The van der Waals surface area contributed by atoms with Crippen molar-refractivity contribution in [3.05, 3.63) is 29.8 Å². The summed E-state index contributed by atoms with van der Waals surface area (Å²) in [6.45, 7) is 2.34. The summed E-state index contributed by atoms with van der Waals surface area (Å²) in [7, 11) is 1.52. The summed E-state index contributed by atoms with van der Waals surface area (Å²) in [5.41, 5.74) is 7.27. The topological polar surface area (TPSA) is 139 Å². The monoisotopic (exact) mass is 473 g/mol. The largest absolute Gasteiger partial charge is 0.490 e. The Morgan fingerprint density at radius 2 is 2.06 bits per heavy atom. The van der Waals surface area contributed by atoms with E-state index < -0.39 is 18.2 Å². The van der Waals surface area contributed by atoms with Gasteiger partial charge in [0.1, 0.15) is 6.04 Å². The average Bonchev–Trinajstić information content (AvgIpc) is 2.73. The van der Waals surface area contributed by atoms with Gasteiger partial charge in [-0.25, -0.2) is 9.79 Å². The van der Waals surface area contributed by atoms with Gasteiger partial charge in [0, 0.05) is 11.4 Å². The van der Waals surface area contributed by atoms with Crippen molar-refractivity contribution in [2.75, 3.05) is 24.7 Å². The molecule has 4 N–H and O–H groups in total. The van der Waals surface area contributed by atoms with Crippen LogP contribution in [-0.2, 0) is 19.9 Å². The number of carboxylic acid groups (broad SMARTS) is 1. The highest BCUT2D eigenvalue weighted by molar-refractivity contribution is 8.13. The second-order valence-electron chi connectivity index (χ2n) is 6.87. The number of alkyl halides is 3. The van der Waals surface area contributed by atoms with Crippen molar-refractivity contribution in [3.63, 3.8) is 0 Å². The SMILES string of the molecule is COC1=NCC(C(=O)Nc2cccc([C@]3(C)CCSC(N)=N3)c2)N=C1.O=C(O)C(F)(F)F. The van der Waals surface area contributed by atoms with Gasteiger partial charge in [0.25, 0.3) is 5.91 Å². The molecule has 0 spiro atoms. The molecule has 0 fully saturated rings.